The standard InChI is InChI=1S/C19H27N3O/c1-2-8-22-18-4-3-14(20)12-16(18)17-13-21(9-5-19(17)22)15-6-10-23-11-7-15/h3-4,12,15H,2,5-11,13,20H2,1H3. The van der Waals surface area contributed by atoms with E-state index in [1.54, 1.807) is 0 Å². The number of hydrogen-bond donors (Lipinski definition) is 1. The maximum Gasteiger partial charge on any atom is 0.0487 e. The Morgan fingerprint density at radius 2 is 2.09 bits per heavy atom. The molecule has 0 saturated carbocycles. The normalized spacial score (nSPS) is 20.0. The van der Waals surface area contributed by atoms with Crippen molar-refractivity contribution < 1.29 is 4.74 Å². The number of nitrogen functional groups attached to an aromatic ring is 1. The summed E-state index contributed by atoms with van der Waals surface area (Å²) < 4.78 is 8.07. The molecule has 1 aromatic carbocycles. The highest BCUT2D eigenvalue weighted by Crippen LogP contribution is 2.34. The second-order valence-corrected chi connectivity index (χ2v) is 6.92. The molecule has 3 heterocycles. The molecular formula is C19H27N3O. The van der Waals surface area contributed by atoms with E-state index in [1.165, 1.54) is 48.0 Å². The van der Waals surface area contributed by atoms with Crippen LogP contribution < -0.4 is 5.73 Å². The van der Waals surface area contributed by atoms with E-state index in [-0.39, 0.29) is 0 Å². The fourth-order valence-corrected chi connectivity index (χ4v) is 4.33. The number of hydrogen-bond acceptors (Lipinski definition) is 3. The summed E-state index contributed by atoms with van der Waals surface area (Å²) in [5.41, 5.74) is 11.4. The van der Waals surface area contributed by atoms with Gasteiger partial charge in [-0.15, -0.1) is 0 Å². The molecule has 1 fully saturated rings. The van der Waals surface area contributed by atoms with Gasteiger partial charge in [0.1, 0.15) is 0 Å². The van der Waals surface area contributed by atoms with Gasteiger partial charge >= 0.3 is 0 Å². The van der Waals surface area contributed by atoms with Crippen molar-refractivity contribution in [2.24, 2.45) is 0 Å². The molecule has 23 heavy (non-hydrogen) atoms. The topological polar surface area (TPSA) is 43.4 Å². The van der Waals surface area contributed by atoms with Crippen molar-refractivity contribution in [2.45, 2.75) is 51.7 Å². The van der Waals surface area contributed by atoms with Crippen LogP contribution in [-0.2, 0) is 24.2 Å². The fraction of sp³-hybridized carbons (Fsp3) is 0.579. The smallest absolute Gasteiger partial charge is 0.0487 e. The van der Waals surface area contributed by atoms with Crippen LogP contribution >= 0.6 is 0 Å². The molecule has 4 nitrogen and oxygen atoms in total. The minimum absolute atomic E-state index is 0.683. The lowest BCUT2D eigenvalue weighted by atomic mass is 9.99. The van der Waals surface area contributed by atoms with Crippen LogP contribution in [0.1, 0.15) is 37.4 Å². The Balaban J connectivity index is 1.73. The number of nitrogens with zero attached hydrogens (tertiary/aromatic N) is 2. The maximum absolute atomic E-state index is 6.08. The Morgan fingerprint density at radius 1 is 1.26 bits per heavy atom. The highest BCUT2D eigenvalue weighted by Gasteiger charge is 2.28. The first-order chi connectivity index (χ1) is 11.3. The number of benzene rings is 1. The first kappa shape index (κ1) is 15.0. The van der Waals surface area contributed by atoms with Gasteiger partial charge in [-0.3, -0.25) is 4.90 Å². The molecule has 1 aromatic heterocycles. The highest BCUT2D eigenvalue weighted by atomic mass is 16.5. The molecule has 0 unspecified atom stereocenters. The molecule has 0 atom stereocenters. The van der Waals surface area contributed by atoms with Crippen LogP contribution in [0.5, 0.6) is 0 Å². The number of aromatic nitrogens is 1. The van der Waals surface area contributed by atoms with E-state index in [4.69, 9.17) is 10.5 Å². The van der Waals surface area contributed by atoms with E-state index < -0.39 is 0 Å². The molecule has 0 aliphatic carbocycles. The second-order valence-electron chi connectivity index (χ2n) is 6.92. The van der Waals surface area contributed by atoms with Crippen molar-refractivity contribution in [3.8, 4) is 0 Å². The van der Waals surface area contributed by atoms with Gasteiger partial charge in [-0.05, 0) is 43.0 Å². The Hall–Kier alpha value is -1.52. The van der Waals surface area contributed by atoms with Crippen LogP contribution in [-0.4, -0.2) is 35.3 Å². The van der Waals surface area contributed by atoms with E-state index in [2.05, 4.69) is 28.5 Å². The third-order valence-electron chi connectivity index (χ3n) is 5.46. The SMILES string of the molecule is CCCn1c2c(c3cc(N)ccc31)CN(C1CCOCC1)CC2. The highest BCUT2D eigenvalue weighted by molar-refractivity contribution is 5.88. The molecule has 4 rings (SSSR count). The first-order valence-corrected chi connectivity index (χ1v) is 8.99. The fourth-order valence-electron chi connectivity index (χ4n) is 4.33. The summed E-state index contributed by atoms with van der Waals surface area (Å²) in [5, 5.41) is 1.37. The Labute approximate surface area is 138 Å². The number of ether oxygens (including phenoxy) is 1. The zero-order chi connectivity index (χ0) is 15.8. The number of nitrogens with two attached hydrogens (primary N) is 1. The van der Waals surface area contributed by atoms with Gasteiger partial charge in [-0.25, -0.2) is 0 Å². The van der Waals surface area contributed by atoms with Crippen LogP contribution in [0.15, 0.2) is 18.2 Å². The van der Waals surface area contributed by atoms with Crippen molar-refractivity contribution in [1.82, 2.24) is 9.47 Å². The van der Waals surface area contributed by atoms with Gasteiger partial charge in [0.2, 0.25) is 0 Å². The van der Waals surface area contributed by atoms with Crippen LogP contribution in [0, 0.1) is 0 Å². The van der Waals surface area contributed by atoms with Crippen molar-refractivity contribution in [1.29, 1.82) is 0 Å². The van der Waals surface area contributed by atoms with Crippen molar-refractivity contribution >= 4 is 16.6 Å². The first-order valence-electron chi connectivity index (χ1n) is 8.99. The van der Waals surface area contributed by atoms with Gasteiger partial charge in [0, 0.05) is 67.6 Å². The van der Waals surface area contributed by atoms with Gasteiger partial charge < -0.3 is 15.0 Å². The quantitative estimate of drug-likeness (QED) is 0.885. The van der Waals surface area contributed by atoms with Gasteiger partial charge in [0.15, 0.2) is 0 Å². The molecule has 2 aliphatic heterocycles. The van der Waals surface area contributed by atoms with Crippen LogP contribution in [0.2, 0.25) is 0 Å². The van der Waals surface area contributed by atoms with Crippen molar-refractivity contribution in [3.05, 3.63) is 29.5 Å². The molecule has 0 spiro atoms. The number of rotatable bonds is 3. The van der Waals surface area contributed by atoms with Gasteiger partial charge in [0.05, 0.1) is 0 Å². The third kappa shape index (κ3) is 2.64. The van der Waals surface area contributed by atoms with Crippen LogP contribution in [0.4, 0.5) is 5.69 Å². The average molecular weight is 313 g/mol. The molecule has 2 aliphatic rings. The predicted molar refractivity (Wildman–Crippen MR) is 94.6 cm³/mol. The van der Waals surface area contributed by atoms with E-state index in [9.17, 15) is 0 Å². The molecule has 124 valence electrons. The summed E-state index contributed by atoms with van der Waals surface area (Å²) in [5.74, 6) is 0. The number of anilines is 1. The average Bonchev–Trinajstić information content (AvgIpc) is 2.89. The molecule has 0 radical (unpaired) electrons. The molecule has 2 N–H and O–H groups in total. The lowest BCUT2D eigenvalue weighted by molar-refractivity contribution is 0.0289. The van der Waals surface area contributed by atoms with Crippen LogP contribution in [0.25, 0.3) is 10.9 Å². The molecule has 4 heteroatoms. The van der Waals surface area contributed by atoms with Gasteiger partial charge in [-0.2, -0.15) is 0 Å². The van der Waals surface area contributed by atoms with E-state index in [0.717, 1.165) is 38.4 Å². The zero-order valence-electron chi connectivity index (χ0n) is 14.1. The second kappa shape index (κ2) is 6.17. The summed E-state index contributed by atoms with van der Waals surface area (Å²) in [6.07, 6.45) is 4.67. The van der Waals surface area contributed by atoms with Gasteiger partial charge in [0.25, 0.3) is 0 Å². The van der Waals surface area contributed by atoms with E-state index >= 15 is 0 Å². The summed E-state index contributed by atoms with van der Waals surface area (Å²) in [6.45, 7) is 7.43. The Bertz CT molecular complexity index is 700. The predicted octanol–water partition coefficient (Wildman–Crippen LogP) is 3.17. The zero-order valence-corrected chi connectivity index (χ0v) is 14.1. The minimum Gasteiger partial charge on any atom is -0.399 e. The van der Waals surface area contributed by atoms with E-state index in [1.807, 2.05) is 6.07 Å². The van der Waals surface area contributed by atoms with Crippen LogP contribution in [0.3, 0.4) is 0 Å². The number of aryl methyl sites for hydroxylation is 1. The molecule has 2 aromatic rings. The lowest BCUT2D eigenvalue weighted by Gasteiger charge is -2.37. The summed E-state index contributed by atoms with van der Waals surface area (Å²) in [4.78, 5) is 2.67. The van der Waals surface area contributed by atoms with Crippen molar-refractivity contribution in [2.75, 3.05) is 25.5 Å². The maximum atomic E-state index is 6.08. The number of fused-ring (bicyclic) bond motifs is 3. The van der Waals surface area contributed by atoms with E-state index in [0.29, 0.717) is 6.04 Å². The molecule has 0 amide bonds. The Morgan fingerprint density at radius 3 is 2.87 bits per heavy atom. The molecule has 1 saturated heterocycles. The van der Waals surface area contributed by atoms with Crippen molar-refractivity contribution in [3.63, 3.8) is 0 Å². The van der Waals surface area contributed by atoms with Gasteiger partial charge in [-0.1, -0.05) is 6.92 Å². The summed E-state index contributed by atoms with van der Waals surface area (Å²) >= 11 is 0. The lowest BCUT2D eigenvalue weighted by Crippen LogP contribution is -2.42. The Kier molecular flexibility index (Phi) is 4.04. The molecular weight excluding hydrogens is 286 g/mol. The summed E-state index contributed by atoms with van der Waals surface area (Å²) in [6, 6.07) is 7.10. The monoisotopic (exact) mass is 313 g/mol. The largest absolute Gasteiger partial charge is 0.399 e. The minimum atomic E-state index is 0.683. The summed E-state index contributed by atoms with van der Waals surface area (Å²) in [7, 11) is 0. The third-order valence-corrected chi connectivity index (χ3v) is 5.46. The molecule has 0 bridgehead atoms.